The van der Waals surface area contributed by atoms with Crippen LogP contribution in [-0.2, 0) is 14.3 Å². The molecule has 0 aliphatic carbocycles. The summed E-state index contributed by atoms with van der Waals surface area (Å²) < 4.78 is 4.62. The number of halogens is 1. The van der Waals surface area contributed by atoms with E-state index in [2.05, 4.69) is 15.4 Å². The first-order valence-corrected chi connectivity index (χ1v) is 5.80. The van der Waals surface area contributed by atoms with Gasteiger partial charge in [0.15, 0.2) is 0 Å². The number of ether oxygens (including phenoxy) is 1. The second kappa shape index (κ2) is 8.31. The molecule has 17 heavy (non-hydrogen) atoms. The van der Waals surface area contributed by atoms with Crippen LogP contribution in [0.4, 0.5) is 0 Å². The standard InChI is InChI=1S/C11H20N2O3.ClH/c1-3-8(11(15)16-2)13-10(14)9-6-4-5-7-12-9;/h8-9,12H,3-7H2,1-2H3,(H,13,14);1H/t8?,9-;/m0./s1. The average molecular weight is 265 g/mol. The second-order valence-electron chi connectivity index (χ2n) is 4.00. The van der Waals surface area contributed by atoms with Gasteiger partial charge in [-0.05, 0) is 25.8 Å². The molecule has 1 rings (SSSR count). The van der Waals surface area contributed by atoms with E-state index in [4.69, 9.17) is 0 Å². The Kier molecular flexibility index (Phi) is 7.91. The van der Waals surface area contributed by atoms with Crippen LogP contribution in [0.2, 0.25) is 0 Å². The predicted octanol–water partition coefficient (Wildman–Crippen LogP) is 0.618. The monoisotopic (exact) mass is 264 g/mol. The largest absolute Gasteiger partial charge is 0.467 e. The minimum atomic E-state index is -0.527. The summed E-state index contributed by atoms with van der Waals surface area (Å²) >= 11 is 0. The van der Waals surface area contributed by atoms with Crippen molar-refractivity contribution in [2.24, 2.45) is 0 Å². The van der Waals surface area contributed by atoms with Gasteiger partial charge < -0.3 is 15.4 Å². The summed E-state index contributed by atoms with van der Waals surface area (Å²) in [5.74, 6) is -0.483. The predicted molar refractivity (Wildman–Crippen MR) is 67.1 cm³/mol. The third kappa shape index (κ3) is 4.91. The lowest BCUT2D eigenvalue weighted by Gasteiger charge is -2.24. The highest BCUT2D eigenvalue weighted by Gasteiger charge is 2.25. The molecule has 0 aromatic carbocycles. The molecule has 1 fully saturated rings. The highest BCUT2D eigenvalue weighted by Crippen LogP contribution is 2.07. The lowest BCUT2D eigenvalue weighted by molar-refractivity contribution is -0.145. The van der Waals surface area contributed by atoms with E-state index in [1.54, 1.807) is 0 Å². The number of esters is 1. The van der Waals surface area contributed by atoms with Crippen molar-refractivity contribution >= 4 is 24.3 Å². The smallest absolute Gasteiger partial charge is 0.328 e. The maximum Gasteiger partial charge on any atom is 0.328 e. The van der Waals surface area contributed by atoms with Crippen molar-refractivity contribution in [2.45, 2.75) is 44.7 Å². The Labute approximate surface area is 108 Å². The Morgan fingerprint density at radius 3 is 2.65 bits per heavy atom. The first-order chi connectivity index (χ1) is 7.69. The van der Waals surface area contributed by atoms with Gasteiger partial charge in [-0.1, -0.05) is 13.3 Å². The molecule has 0 aromatic heterocycles. The quantitative estimate of drug-likeness (QED) is 0.731. The Morgan fingerprint density at radius 2 is 2.18 bits per heavy atom. The number of piperidine rings is 1. The van der Waals surface area contributed by atoms with Gasteiger partial charge in [-0.15, -0.1) is 12.4 Å². The zero-order chi connectivity index (χ0) is 12.0. The van der Waals surface area contributed by atoms with Crippen LogP contribution >= 0.6 is 12.4 Å². The highest BCUT2D eigenvalue weighted by atomic mass is 35.5. The van der Waals surface area contributed by atoms with E-state index in [0.717, 1.165) is 25.8 Å². The minimum Gasteiger partial charge on any atom is -0.467 e. The van der Waals surface area contributed by atoms with Gasteiger partial charge in [0.25, 0.3) is 0 Å². The number of hydrogen-bond donors (Lipinski definition) is 2. The maximum absolute atomic E-state index is 11.8. The molecule has 0 saturated carbocycles. The first kappa shape index (κ1) is 16.2. The fourth-order valence-electron chi connectivity index (χ4n) is 1.82. The third-order valence-corrected chi connectivity index (χ3v) is 2.84. The molecule has 0 aromatic rings. The Hall–Kier alpha value is -0.810. The number of hydrogen-bond acceptors (Lipinski definition) is 4. The molecule has 1 saturated heterocycles. The molecular weight excluding hydrogens is 244 g/mol. The van der Waals surface area contributed by atoms with E-state index < -0.39 is 6.04 Å². The third-order valence-electron chi connectivity index (χ3n) is 2.84. The van der Waals surface area contributed by atoms with Gasteiger partial charge in [-0.3, -0.25) is 4.79 Å². The summed E-state index contributed by atoms with van der Waals surface area (Å²) in [5.41, 5.74) is 0. The van der Waals surface area contributed by atoms with Crippen LogP contribution in [-0.4, -0.2) is 37.6 Å². The molecule has 0 radical (unpaired) electrons. The van der Waals surface area contributed by atoms with Crippen molar-refractivity contribution < 1.29 is 14.3 Å². The first-order valence-electron chi connectivity index (χ1n) is 5.80. The second-order valence-corrected chi connectivity index (χ2v) is 4.00. The van der Waals surface area contributed by atoms with Gasteiger partial charge in [0.05, 0.1) is 13.2 Å². The molecule has 0 bridgehead atoms. The van der Waals surface area contributed by atoms with Crippen molar-refractivity contribution in [1.82, 2.24) is 10.6 Å². The molecule has 0 spiro atoms. The number of methoxy groups -OCH3 is 1. The number of carbonyl (C=O) groups is 2. The van der Waals surface area contributed by atoms with Crippen LogP contribution in [0.1, 0.15) is 32.6 Å². The van der Waals surface area contributed by atoms with Gasteiger partial charge in [0.1, 0.15) is 6.04 Å². The highest BCUT2D eigenvalue weighted by molar-refractivity contribution is 5.87. The topological polar surface area (TPSA) is 67.4 Å². The molecule has 1 aliphatic heterocycles. The molecular formula is C11H21ClN2O3. The number of amides is 1. The van der Waals surface area contributed by atoms with Gasteiger partial charge in [0, 0.05) is 0 Å². The summed E-state index contributed by atoms with van der Waals surface area (Å²) in [6, 6.07) is -0.686. The average Bonchev–Trinajstić information content (AvgIpc) is 2.35. The fraction of sp³-hybridized carbons (Fsp3) is 0.818. The molecule has 2 N–H and O–H groups in total. The zero-order valence-corrected chi connectivity index (χ0v) is 11.1. The van der Waals surface area contributed by atoms with E-state index >= 15 is 0 Å². The number of nitrogens with one attached hydrogen (secondary N) is 2. The lowest BCUT2D eigenvalue weighted by atomic mass is 10.0. The molecule has 6 heteroatoms. The summed E-state index contributed by atoms with van der Waals surface area (Å²) in [5, 5.41) is 5.85. The number of rotatable bonds is 4. The summed E-state index contributed by atoms with van der Waals surface area (Å²) in [6.45, 7) is 2.71. The van der Waals surface area contributed by atoms with Crippen LogP contribution in [0.15, 0.2) is 0 Å². The van der Waals surface area contributed by atoms with Crippen molar-refractivity contribution in [2.75, 3.05) is 13.7 Å². The molecule has 1 heterocycles. The van der Waals surface area contributed by atoms with Crippen molar-refractivity contribution in [3.63, 3.8) is 0 Å². The number of carbonyl (C=O) groups excluding carboxylic acids is 2. The van der Waals surface area contributed by atoms with Crippen LogP contribution in [0.5, 0.6) is 0 Å². The summed E-state index contributed by atoms with van der Waals surface area (Å²) in [4.78, 5) is 23.1. The van der Waals surface area contributed by atoms with Crippen molar-refractivity contribution in [3.8, 4) is 0 Å². The molecule has 1 amide bonds. The van der Waals surface area contributed by atoms with Crippen LogP contribution in [0, 0.1) is 0 Å². The molecule has 5 nitrogen and oxygen atoms in total. The summed E-state index contributed by atoms with van der Waals surface area (Å²) in [7, 11) is 1.33. The molecule has 1 unspecified atom stereocenters. The van der Waals surface area contributed by atoms with Crippen molar-refractivity contribution in [1.29, 1.82) is 0 Å². The minimum absolute atomic E-state index is 0. The maximum atomic E-state index is 11.8. The van der Waals surface area contributed by atoms with Gasteiger partial charge in [0.2, 0.25) is 5.91 Å². The Balaban J connectivity index is 0.00000256. The summed E-state index contributed by atoms with van der Waals surface area (Å²) in [6.07, 6.45) is 3.55. The normalized spacial score (nSPS) is 20.9. The SMILES string of the molecule is CCC(NC(=O)[C@@H]1CCCCN1)C(=O)OC.Cl. The van der Waals surface area contributed by atoms with Gasteiger partial charge >= 0.3 is 5.97 Å². The Morgan fingerprint density at radius 1 is 1.47 bits per heavy atom. The van der Waals surface area contributed by atoms with E-state index in [1.807, 2.05) is 6.92 Å². The van der Waals surface area contributed by atoms with E-state index in [-0.39, 0.29) is 30.3 Å². The van der Waals surface area contributed by atoms with Crippen LogP contribution in [0.3, 0.4) is 0 Å². The van der Waals surface area contributed by atoms with E-state index in [9.17, 15) is 9.59 Å². The fourth-order valence-corrected chi connectivity index (χ4v) is 1.82. The zero-order valence-electron chi connectivity index (χ0n) is 10.3. The van der Waals surface area contributed by atoms with E-state index in [0.29, 0.717) is 6.42 Å². The lowest BCUT2D eigenvalue weighted by Crippen LogP contribution is -2.51. The van der Waals surface area contributed by atoms with Crippen LogP contribution in [0.25, 0.3) is 0 Å². The van der Waals surface area contributed by atoms with Crippen LogP contribution < -0.4 is 10.6 Å². The molecule has 1 aliphatic rings. The van der Waals surface area contributed by atoms with E-state index in [1.165, 1.54) is 7.11 Å². The molecule has 2 atom stereocenters. The Bertz CT molecular complexity index is 255. The van der Waals surface area contributed by atoms with Gasteiger partial charge in [-0.2, -0.15) is 0 Å². The van der Waals surface area contributed by atoms with Crippen molar-refractivity contribution in [3.05, 3.63) is 0 Å². The molecule has 100 valence electrons. The van der Waals surface area contributed by atoms with Gasteiger partial charge in [-0.25, -0.2) is 4.79 Å².